The number of para-hydroxylation sites is 1. The molecule has 0 aromatic heterocycles. The van der Waals surface area contributed by atoms with E-state index >= 15 is 0 Å². The van der Waals surface area contributed by atoms with Gasteiger partial charge in [-0.05, 0) is 56.5 Å². The van der Waals surface area contributed by atoms with Crippen molar-refractivity contribution in [2.45, 2.75) is 70.0 Å². The van der Waals surface area contributed by atoms with Crippen molar-refractivity contribution in [1.29, 1.82) is 0 Å². The van der Waals surface area contributed by atoms with Crippen LogP contribution in [0, 0.1) is 5.82 Å². The van der Waals surface area contributed by atoms with Gasteiger partial charge in [0, 0.05) is 45.2 Å². The highest BCUT2D eigenvalue weighted by molar-refractivity contribution is 6.00. The zero-order valence-corrected chi connectivity index (χ0v) is 24.2. The third-order valence-electron chi connectivity index (χ3n) is 7.99. The van der Waals surface area contributed by atoms with Gasteiger partial charge in [-0.2, -0.15) is 0 Å². The van der Waals surface area contributed by atoms with E-state index in [4.69, 9.17) is 9.47 Å². The molecule has 11 heteroatoms. The van der Waals surface area contributed by atoms with Gasteiger partial charge in [0.15, 0.2) is 0 Å². The SMILES string of the molecule is CC(C)NC(=O)N[C@@H]1CC[C@H]2CCOc3ccccc3C(=O)N3CCN(Cc4ccc(F)cc4)C[C@H]3C(=O)NC[C@H]1O2. The number of nitrogens with one attached hydrogen (secondary N) is 3. The van der Waals surface area contributed by atoms with E-state index < -0.39 is 12.1 Å². The van der Waals surface area contributed by atoms with Crippen molar-refractivity contribution in [3.63, 3.8) is 0 Å². The van der Waals surface area contributed by atoms with Crippen LogP contribution in [0.1, 0.15) is 49.0 Å². The minimum Gasteiger partial charge on any atom is -0.493 e. The van der Waals surface area contributed by atoms with Gasteiger partial charge in [-0.25, -0.2) is 9.18 Å². The topological polar surface area (TPSA) is 112 Å². The van der Waals surface area contributed by atoms with Crippen LogP contribution >= 0.6 is 0 Å². The summed E-state index contributed by atoms with van der Waals surface area (Å²) in [7, 11) is 0. The average molecular weight is 582 g/mol. The normalized spacial score (nSPS) is 25.4. The first-order chi connectivity index (χ1) is 20.3. The Balaban J connectivity index is 1.38. The summed E-state index contributed by atoms with van der Waals surface area (Å²) in [6.45, 7) is 6.08. The smallest absolute Gasteiger partial charge is 0.315 e. The van der Waals surface area contributed by atoms with E-state index in [1.807, 2.05) is 19.9 Å². The maximum atomic E-state index is 13.9. The van der Waals surface area contributed by atoms with Crippen LogP contribution in [0.4, 0.5) is 9.18 Å². The molecule has 5 rings (SSSR count). The lowest BCUT2D eigenvalue weighted by atomic mass is 9.96. The Bertz CT molecular complexity index is 1260. The van der Waals surface area contributed by atoms with E-state index in [0.29, 0.717) is 56.9 Å². The highest BCUT2D eigenvalue weighted by Crippen LogP contribution is 2.26. The van der Waals surface area contributed by atoms with Crippen LogP contribution in [0.3, 0.4) is 0 Å². The Labute approximate surface area is 245 Å². The Morgan fingerprint density at radius 3 is 2.64 bits per heavy atom. The van der Waals surface area contributed by atoms with Crippen LogP contribution in [-0.2, 0) is 16.1 Å². The molecule has 0 aliphatic carbocycles. The molecule has 4 atom stereocenters. The van der Waals surface area contributed by atoms with Crippen molar-refractivity contribution in [1.82, 2.24) is 25.8 Å². The molecule has 226 valence electrons. The number of piperazine rings is 1. The predicted octanol–water partition coefficient (Wildman–Crippen LogP) is 2.67. The maximum Gasteiger partial charge on any atom is 0.315 e. The van der Waals surface area contributed by atoms with Gasteiger partial charge < -0.3 is 30.3 Å². The Morgan fingerprint density at radius 1 is 1.07 bits per heavy atom. The molecule has 3 heterocycles. The molecule has 4 amide bonds. The first kappa shape index (κ1) is 29.8. The first-order valence-electron chi connectivity index (χ1n) is 14.8. The molecule has 2 saturated heterocycles. The molecule has 3 aliphatic rings. The highest BCUT2D eigenvalue weighted by atomic mass is 19.1. The molecule has 3 aliphatic heterocycles. The number of benzene rings is 2. The van der Waals surface area contributed by atoms with Crippen molar-refractivity contribution < 1.29 is 28.2 Å². The minimum absolute atomic E-state index is 0.0151. The van der Waals surface area contributed by atoms with Gasteiger partial charge >= 0.3 is 6.03 Å². The second-order valence-electron chi connectivity index (χ2n) is 11.5. The standard InChI is InChI=1S/C31H40FN5O5/c1-20(2)34-31(40)35-25-12-11-23-13-16-41-27-6-4-3-5-24(27)30(39)37-15-14-36(18-21-7-9-22(32)10-8-21)19-26(37)29(38)33-17-28(25)42-23/h3-10,20,23,25-26,28H,11-19H2,1-2H3,(H,33,38)(H2,34,35,40)/t23-,25+,26-,28+/m0/s1. The molecule has 2 bridgehead atoms. The molecular formula is C31H40FN5O5. The van der Waals surface area contributed by atoms with Gasteiger partial charge in [-0.15, -0.1) is 0 Å². The molecule has 0 spiro atoms. The van der Waals surface area contributed by atoms with Crippen LogP contribution in [0.2, 0.25) is 0 Å². The number of rotatable bonds is 4. The van der Waals surface area contributed by atoms with E-state index in [1.54, 1.807) is 35.2 Å². The maximum absolute atomic E-state index is 13.9. The lowest BCUT2D eigenvalue weighted by molar-refractivity contribution is -0.130. The fourth-order valence-electron chi connectivity index (χ4n) is 5.84. The highest BCUT2D eigenvalue weighted by Gasteiger charge is 2.38. The monoisotopic (exact) mass is 581 g/mol. The molecule has 42 heavy (non-hydrogen) atoms. The van der Waals surface area contributed by atoms with Crippen molar-refractivity contribution in [2.75, 3.05) is 32.8 Å². The fraction of sp³-hybridized carbons (Fsp3) is 0.516. The summed E-state index contributed by atoms with van der Waals surface area (Å²) >= 11 is 0. The van der Waals surface area contributed by atoms with Crippen molar-refractivity contribution >= 4 is 17.8 Å². The van der Waals surface area contributed by atoms with Gasteiger partial charge in [-0.3, -0.25) is 14.5 Å². The summed E-state index contributed by atoms with van der Waals surface area (Å²) in [5, 5.41) is 8.90. The van der Waals surface area contributed by atoms with E-state index in [2.05, 4.69) is 20.9 Å². The van der Waals surface area contributed by atoms with Crippen LogP contribution in [-0.4, -0.2) is 90.8 Å². The van der Waals surface area contributed by atoms with Crippen molar-refractivity contribution in [3.05, 3.63) is 65.5 Å². The molecule has 2 aromatic rings. The summed E-state index contributed by atoms with van der Waals surface area (Å²) in [6, 6.07) is 12.1. The Hall–Kier alpha value is -3.70. The van der Waals surface area contributed by atoms with E-state index in [1.165, 1.54) is 12.1 Å². The molecule has 2 aromatic carbocycles. The van der Waals surface area contributed by atoms with Gasteiger partial charge in [0.25, 0.3) is 5.91 Å². The first-order valence-corrected chi connectivity index (χ1v) is 14.8. The van der Waals surface area contributed by atoms with E-state index in [9.17, 15) is 18.8 Å². The van der Waals surface area contributed by atoms with Crippen LogP contribution in [0.5, 0.6) is 5.75 Å². The Kier molecular flexibility index (Phi) is 9.58. The number of nitrogens with zero attached hydrogens (tertiary/aromatic N) is 2. The number of fused-ring (bicyclic) bond motifs is 4. The predicted molar refractivity (Wildman–Crippen MR) is 155 cm³/mol. The summed E-state index contributed by atoms with van der Waals surface area (Å²) in [5.74, 6) is -0.379. The number of hydrogen-bond acceptors (Lipinski definition) is 6. The number of halogens is 1. The average Bonchev–Trinajstić information content (AvgIpc) is 2.97. The summed E-state index contributed by atoms with van der Waals surface area (Å²) in [4.78, 5) is 43.9. The van der Waals surface area contributed by atoms with Crippen molar-refractivity contribution in [2.24, 2.45) is 0 Å². The number of ether oxygens (including phenoxy) is 2. The summed E-state index contributed by atoms with van der Waals surface area (Å²) in [5.41, 5.74) is 1.34. The van der Waals surface area contributed by atoms with Gasteiger partial charge in [0.1, 0.15) is 17.6 Å². The largest absolute Gasteiger partial charge is 0.493 e. The van der Waals surface area contributed by atoms with E-state index in [-0.39, 0.29) is 48.4 Å². The van der Waals surface area contributed by atoms with E-state index in [0.717, 1.165) is 12.0 Å². The number of amides is 4. The lowest BCUT2D eigenvalue weighted by Crippen LogP contribution is -2.62. The molecular weight excluding hydrogens is 541 g/mol. The number of carbonyl (C=O) groups excluding carboxylic acids is 3. The molecule has 0 saturated carbocycles. The number of carbonyl (C=O) groups is 3. The van der Waals surface area contributed by atoms with Crippen molar-refractivity contribution in [3.8, 4) is 5.75 Å². The number of urea groups is 1. The number of hydrogen-bond donors (Lipinski definition) is 3. The molecule has 0 unspecified atom stereocenters. The second-order valence-corrected chi connectivity index (χ2v) is 11.5. The zero-order valence-electron chi connectivity index (χ0n) is 24.2. The zero-order chi connectivity index (χ0) is 29.6. The third kappa shape index (κ3) is 7.38. The quantitative estimate of drug-likeness (QED) is 0.512. The van der Waals surface area contributed by atoms with Crippen LogP contribution in [0.15, 0.2) is 48.5 Å². The van der Waals surface area contributed by atoms with Gasteiger partial charge in [0.05, 0.1) is 30.4 Å². The molecule has 0 radical (unpaired) electrons. The second kappa shape index (κ2) is 13.5. The minimum atomic E-state index is -0.766. The third-order valence-corrected chi connectivity index (χ3v) is 7.99. The molecule has 2 fully saturated rings. The van der Waals surface area contributed by atoms with Gasteiger partial charge in [-0.1, -0.05) is 24.3 Å². The molecule has 3 N–H and O–H groups in total. The summed E-state index contributed by atoms with van der Waals surface area (Å²) in [6.07, 6.45) is 1.50. The molecule has 10 nitrogen and oxygen atoms in total. The lowest BCUT2D eigenvalue weighted by Gasteiger charge is -2.42. The fourth-order valence-corrected chi connectivity index (χ4v) is 5.84. The van der Waals surface area contributed by atoms with Gasteiger partial charge in [0.2, 0.25) is 5.91 Å². The van der Waals surface area contributed by atoms with Crippen LogP contribution in [0.25, 0.3) is 0 Å². The summed E-state index contributed by atoms with van der Waals surface area (Å²) < 4.78 is 25.9. The van der Waals surface area contributed by atoms with Crippen LogP contribution < -0.4 is 20.7 Å². The Morgan fingerprint density at radius 2 is 1.86 bits per heavy atom.